The molecule has 0 aliphatic carbocycles. The topological polar surface area (TPSA) is 82.5 Å². The van der Waals surface area contributed by atoms with Gasteiger partial charge in [0.1, 0.15) is 6.04 Å². The number of thiazole rings is 1. The van der Waals surface area contributed by atoms with Crippen LogP contribution in [0.2, 0.25) is 0 Å². The van der Waals surface area contributed by atoms with Crippen LogP contribution in [0.1, 0.15) is 13.3 Å². The zero-order valence-corrected chi connectivity index (χ0v) is 10.1. The van der Waals surface area contributed by atoms with E-state index in [1.807, 2.05) is 6.92 Å². The van der Waals surface area contributed by atoms with Crippen molar-refractivity contribution in [2.75, 3.05) is 11.9 Å². The third kappa shape index (κ3) is 2.38. The first-order chi connectivity index (χ1) is 8.09. The van der Waals surface area contributed by atoms with Gasteiger partial charge in [0, 0.05) is 18.1 Å². The number of anilines is 1. The third-order valence-electron chi connectivity index (χ3n) is 2.86. The van der Waals surface area contributed by atoms with Gasteiger partial charge in [-0.05, 0) is 12.3 Å². The Morgan fingerprint density at radius 1 is 1.65 bits per heavy atom. The quantitative estimate of drug-likeness (QED) is 0.838. The van der Waals surface area contributed by atoms with Crippen LogP contribution in [-0.2, 0) is 4.79 Å². The lowest BCUT2D eigenvalue weighted by Gasteiger charge is -2.22. The average Bonchev–Trinajstić information content (AvgIpc) is 2.86. The van der Waals surface area contributed by atoms with Crippen LogP contribution in [0.25, 0.3) is 0 Å². The van der Waals surface area contributed by atoms with Gasteiger partial charge in [0.25, 0.3) is 0 Å². The van der Waals surface area contributed by atoms with E-state index in [-0.39, 0.29) is 5.92 Å². The summed E-state index contributed by atoms with van der Waals surface area (Å²) in [4.78, 5) is 28.3. The third-order valence-corrected chi connectivity index (χ3v) is 3.55. The van der Waals surface area contributed by atoms with E-state index in [1.54, 1.807) is 11.6 Å². The first kappa shape index (κ1) is 11.8. The number of carbonyl (C=O) groups excluding carboxylic acids is 1. The lowest BCUT2D eigenvalue weighted by Crippen LogP contribution is -2.44. The van der Waals surface area contributed by atoms with E-state index < -0.39 is 18.0 Å². The summed E-state index contributed by atoms with van der Waals surface area (Å²) < 4.78 is 0. The van der Waals surface area contributed by atoms with Gasteiger partial charge < -0.3 is 10.0 Å². The van der Waals surface area contributed by atoms with Crippen LogP contribution in [0.15, 0.2) is 11.6 Å². The molecule has 2 amide bonds. The van der Waals surface area contributed by atoms with Crippen molar-refractivity contribution in [2.45, 2.75) is 19.4 Å². The standard InChI is InChI=1S/C10H13N3O3S/c1-6-2-4-13(7(6)8(14)15)10(16)12-9-11-3-5-17-9/h3,5-7H,2,4H2,1H3,(H,14,15)(H,11,12,16). The molecule has 0 saturated carbocycles. The van der Waals surface area contributed by atoms with Gasteiger partial charge in [0.2, 0.25) is 0 Å². The van der Waals surface area contributed by atoms with E-state index in [1.165, 1.54) is 16.2 Å². The maximum absolute atomic E-state index is 11.9. The number of hydrogen-bond donors (Lipinski definition) is 2. The van der Waals surface area contributed by atoms with Crippen molar-refractivity contribution >= 4 is 28.5 Å². The molecule has 0 bridgehead atoms. The minimum atomic E-state index is -0.954. The Balaban J connectivity index is 2.06. The van der Waals surface area contributed by atoms with Gasteiger partial charge in [-0.1, -0.05) is 6.92 Å². The fourth-order valence-electron chi connectivity index (χ4n) is 2.00. The smallest absolute Gasteiger partial charge is 0.326 e. The molecule has 2 heterocycles. The lowest BCUT2D eigenvalue weighted by molar-refractivity contribution is -0.142. The number of hydrogen-bond acceptors (Lipinski definition) is 4. The van der Waals surface area contributed by atoms with Crippen molar-refractivity contribution in [3.8, 4) is 0 Å². The molecule has 1 aromatic rings. The van der Waals surface area contributed by atoms with Crippen molar-refractivity contribution in [1.82, 2.24) is 9.88 Å². The molecule has 2 rings (SSSR count). The Morgan fingerprint density at radius 2 is 2.41 bits per heavy atom. The Morgan fingerprint density at radius 3 is 3.00 bits per heavy atom. The monoisotopic (exact) mass is 255 g/mol. The molecule has 1 aromatic heterocycles. The number of nitrogens with one attached hydrogen (secondary N) is 1. The van der Waals surface area contributed by atoms with Gasteiger partial charge in [-0.25, -0.2) is 14.6 Å². The van der Waals surface area contributed by atoms with E-state index in [4.69, 9.17) is 5.11 Å². The predicted molar refractivity (Wildman–Crippen MR) is 63.0 cm³/mol. The lowest BCUT2D eigenvalue weighted by atomic mass is 10.0. The highest BCUT2D eigenvalue weighted by Crippen LogP contribution is 2.25. The van der Waals surface area contributed by atoms with E-state index in [0.29, 0.717) is 18.1 Å². The Labute approximate surface area is 102 Å². The summed E-state index contributed by atoms with van der Waals surface area (Å²) in [6, 6.07) is -1.13. The molecule has 7 heteroatoms. The van der Waals surface area contributed by atoms with Gasteiger partial charge in [-0.3, -0.25) is 5.32 Å². The fourth-order valence-corrected chi connectivity index (χ4v) is 2.52. The number of carbonyl (C=O) groups is 2. The van der Waals surface area contributed by atoms with Crippen molar-refractivity contribution in [2.24, 2.45) is 5.92 Å². The summed E-state index contributed by atoms with van der Waals surface area (Å²) in [7, 11) is 0. The molecule has 17 heavy (non-hydrogen) atoms. The second-order valence-corrected chi connectivity index (χ2v) is 4.90. The average molecular weight is 255 g/mol. The van der Waals surface area contributed by atoms with Crippen LogP contribution in [0.4, 0.5) is 9.93 Å². The fraction of sp³-hybridized carbons (Fsp3) is 0.500. The molecule has 0 radical (unpaired) electrons. The van der Waals surface area contributed by atoms with Crippen LogP contribution < -0.4 is 5.32 Å². The number of nitrogens with zero attached hydrogens (tertiary/aromatic N) is 2. The zero-order chi connectivity index (χ0) is 12.4. The molecular formula is C10H13N3O3S. The number of likely N-dealkylation sites (tertiary alicyclic amines) is 1. The molecule has 1 aliphatic heterocycles. The van der Waals surface area contributed by atoms with E-state index in [9.17, 15) is 9.59 Å². The number of aliphatic carboxylic acids is 1. The van der Waals surface area contributed by atoms with Crippen LogP contribution in [0.3, 0.4) is 0 Å². The number of carboxylic acids is 1. The first-order valence-electron chi connectivity index (χ1n) is 5.29. The highest BCUT2D eigenvalue weighted by molar-refractivity contribution is 7.13. The van der Waals surface area contributed by atoms with Gasteiger partial charge in [-0.15, -0.1) is 11.3 Å². The molecule has 92 valence electrons. The maximum Gasteiger partial charge on any atom is 0.326 e. The summed E-state index contributed by atoms with van der Waals surface area (Å²) in [5.74, 6) is -0.973. The van der Waals surface area contributed by atoms with Crippen molar-refractivity contribution in [1.29, 1.82) is 0 Å². The Hall–Kier alpha value is -1.63. The minimum Gasteiger partial charge on any atom is -0.480 e. The normalized spacial score (nSPS) is 23.7. The number of aromatic nitrogens is 1. The predicted octanol–water partition coefficient (Wildman–Crippen LogP) is 1.47. The van der Waals surface area contributed by atoms with Crippen molar-refractivity contribution in [3.63, 3.8) is 0 Å². The summed E-state index contributed by atoms with van der Waals surface area (Å²) in [5.41, 5.74) is 0. The molecule has 2 atom stereocenters. The van der Waals surface area contributed by atoms with Gasteiger partial charge in [0.15, 0.2) is 5.13 Å². The SMILES string of the molecule is CC1CCN(C(=O)Nc2nccs2)C1C(=O)O. The van der Waals surface area contributed by atoms with E-state index in [2.05, 4.69) is 10.3 Å². The van der Waals surface area contributed by atoms with E-state index in [0.717, 1.165) is 0 Å². The molecule has 1 fully saturated rings. The summed E-state index contributed by atoms with van der Waals surface area (Å²) in [5, 5.41) is 13.9. The number of amides is 2. The molecule has 0 aromatic carbocycles. The summed E-state index contributed by atoms with van der Waals surface area (Å²) in [6.07, 6.45) is 2.30. The van der Waals surface area contributed by atoms with Gasteiger partial charge in [0.05, 0.1) is 0 Å². The zero-order valence-electron chi connectivity index (χ0n) is 9.29. The molecule has 6 nitrogen and oxygen atoms in total. The highest BCUT2D eigenvalue weighted by Gasteiger charge is 2.39. The largest absolute Gasteiger partial charge is 0.480 e. The van der Waals surface area contributed by atoms with Crippen LogP contribution in [0, 0.1) is 5.92 Å². The van der Waals surface area contributed by atoms with E-state index >= 15 is 0 Å². The van der Waals surface area contributed by atoms with Gasteiger partial charge in [-0.2, -0.15) is 0 Å². The van der Waals surface area contributed by atoms with Crippen LogP contribution in [0.5, 0.6) is 0 Å². The van der Waals surface area contributed by atoms with Crippen molar-refractivity contribution in [3.05, 3.63) is 11.6 Å². The molecular weight excluding hydrogens is 242 g/mol. The molecule has 0 spiro atoms. The Bertz CT molecular complexity index is 420. The number of carboxylic acid groups (broad SMARTS) is 1. The maximum atomic E-state index is 11.9. The summed E-state index contributed by atoms with van der Waals surface area (Å²) in [6.45, 7) is 2.31. The second kappa shape index (κ2) is 4.70. The minimum absolute atomic E-state index is 0.0189. The first-order valence-corrected chi connectivity index (χ1v) is 6.17. The Kier molecular flexibility index (Phi) is 3.28. The molecule has 2 N–H and O–H groups in total. The highest BCUT2D eigenvalue weighted by atomic mass is 32.1. The molecule has 1 saturated heterocycles. The second-order valence-electron chi connectivity index (χ2n) is 4.01. The summed E-state index contributed by atoms with van der Waals surface area (Å²) >= 11 is 1.30. The molecule has 1 aliphatic rings. The van der Waals surface area contributed by atoms with Crippen LogP contribution in [-0.4, -0.2) is 39.6 Å². The molecule has 2 unspecified atom stereocenters. The van der Waals surface area contributed by atoms with Crippen LogP contribution >= 0.6 is 11.3 Å². The number of urea groups is 1. The number of rotatable bonds is 2. The van der Waals surface area contributed by atoms with Crippen molar-refractivity contribution < 1.29 is 14.7 Å². The van der Waals surface area contributed by atoms with Gasteiger partial charge >= 0.3 is 12.0 Å².